The van der Waals surface area contributed by atoms with E-state index in [4.69, 9.17) is 5.73 Å². The van der Waals surface area contributed by atoms with Crippen molar-refractivity contribution in [1.82, 2.24) is 9.97 Å². The van der Waals surface area contributed by atoms with Crippen molar-refractivity contribution in [2.45, 2.75) is 13.8 Å². The first-order chi connectivity index (χ1) is 9.60. The van der Waals surface area contributed by atoms with Crippen LogP contribution in [0.3, 0.4) is 0 Å². The quantitative estimate of drug-likeness (QED) is 0.824. The predicted molar refractivity (Wildman–Crippen MR) is 79.7 cm³/mol. The molecule has 0 aliphatic heterocycles. The van der Waals surface area contributed by atoms with Gasteiger partial charge < -0.3 is 5.73 Å². The summed E-state index contributed by atoms with van der Waals surface area (Å²) in [4.78, 5) is 21.5. The molecule has 0 bridgehead atoms. The lowest BCUT2D eigenvalue weighted by molar-refractivity contribution is 0.102. The topological polar surface area (TPSA) is 80.9 Å². The lowest BCUT2D eigenvalue weighted by atomic mass is 10.2. The zero-order valence-electron chi connectivity index (χ0n) is 11.2. The summed E-state index contributed by atoms with van der Waals surface area (Å²) in [6, 6.07) is 1.68. The highest BCUT2D eigenvalue weighted by Crippen LogP contribution is 2.21. The molecule has 0 aromatic carbocycles. The molecule has 0 atom stereocenters. The van der Waals surface area contributed by atoms with Gasteiger partial charge in [-0.05, 0) is 19.9 Å². The molecule has 2 aromatic rings. The van der Waals surface area contributed by atoms with E-state index < -0.39 is 0 Å². The van der Waals surface area contributed by atoms with Gasteiger partial charge in [0.1, 0.15) is 0 Å². The van der Waals surface area contributed by atoms with Crippen LogP contribution in [0.1, 0.15) is 26.5 Å². The highest BCUT2D eigenvalue weighted by atomic mass is 32.1. The van der Waals surface area contributed by atoms with Crippen LogP contribution in [0.25, 0.3) is 0 Å². The van der Waals surface area contributed by atoms with Gasteiger partial charge >= 0.3 is 0 Å². The van der Waals surface area contributed by atoms with Gasteiger partial charge in [-0.2, -0.15) is 0 Å². The molecule has 0 fully saturated rings. The lowest BCUT2D eigenvalue weighted by Crippen LogP contribution is -2.12. The van der Waals surface area contributed by atoms with E-state index in [1.54, 1.807) is 12.3 Å². The third kappa shape index (κ3) is 3.41. The van der Waals surface area contributed by atoms with Crippen LogP contribution in [0.4, 0.5) is 5.13 Å². The van der Waals surface area contributed by atoms with Gasteiger partial charge in [0, 0.05) is 22.8 Å². The fraction of sp³-hybridized carbons (Fsp3) is 0.214. The van der Waals surface area contributed by atoms with Crippen LogP contribution in [-0.4, -0.2) is 22.4 Å². The summed E-state index contributed by atoms with van der Waals surface area (Å²) < 4.78 is 0. The molecule has 0 radical (unpaired) electrons. The molecule has 0 unspecified atom stereocenters. The van der Waals surface area contributed by atoms with Crippen molar-refractivity contribution in [3.63, 3.8) is 0 Å². The number of anilines is 1. The van der Waals surface area contributed by atoms with Gasteiger partial charge in [-0.1, -0.05) is 11.8 Å². The normalized spacial score (nSPS) is 9.75. The second-order valence-corrected chi connectivity index (χ2v) is 5.29. The Morgan fingerprint density at radius 2 is 2.25 bits per heavy atom. The summed E-state index contributed by atoms with van der Waals surface area (Å²) in [6.45, 7) is 4.15. The number of nitrogens with one attached hydrogen (secondary N) is 1. The molecular formula is C14H14N4OS. The molecule has 2 heterocycles. The van der Waals surface area contributed by atoms with Crippen LogP contribution in [0, 0.1) is 25.7 Å². The zero-order valence-corrected chi connectivity index (χ0v) is 12.0. The molecule has 102 valence electrons. The molecule has 0 saturated carbocycles. The van der Waals surface area contributed by atoms with E-state index in [1.807, 2.05) is 13.8 Å². The first-order valence-corrected chi connectivity index (χ1v) is 6.81. The summed E-state index contributed by atoms with van der Waals surface area (Å²) >= 11 is 1.45. The second kappa shape index (κ2) is 6.28. The summed E-state index contributed by atoms with van der Waals surface area (Å²) in [5.41, 5.74) is 7.34. The predicted octanol–water partition coefficient (Wildman–Crippen LogP) is 1.72. The van der Waals surface area contributed by atoms with E-state index >= 15 is 0 Å². The maximum absolute atomic E-state index is 12.1. The molecule has 5 nitrogen and oxygen atoms in total. The lowest BCUT2D eigenvalue weighted by Gasteiger charge is -2.01. The Bertz CT molecular complexity index is 677. The van der Waals surface area contributed by atoms with Gasteiger partial charge in [-0.15, -0.1) is 11.3 Å². The maximum atomic E-state index is 12.1. The number of hydrogen-bond donors (Lipinski definition) is 2. The summed E-state index contributed by atoms with van der Waals surface area (Å²) in [5.74, 6) is 5.33. The Hall–Kier alpha value is -2.23. The standard InChI is InChI=1S/C14H14N4OS/c1-9-10(2)20-14(17-9)18-13(19)12-6-11(4-3-5-15)7-16-8-12/h6-8H,5,15H2,1-2H3,(H,17,18,19). The van der Waals surface area contributed by atoms with Crippen molar-refractivity contribution in [2.24, 2.45) is 5.73 Å². The van der Waals surface area contributed by atoms with Gasteiger partial charge in [0.2, 0.25) is 0 Å². The summed E-state index contributed by atoms with van der Waals surface area (Å²) in [6.07, 6.45) is 3.09. The number of nitrogens with two attached hydrogens (primary N) is 1. The van der Waals surface area contributed by atoms with Crippen molar-refractivity contribution in [2.75, 3.05) is 11.9 Å². The van der Waals surface area contributed by atoms with Crippen LogP contribution < -0.4 is 11.1 Å². The summed E-state index contributed by atoms with van der Waals surface area (Å²) in [5, 5.41) is 3.35. The third-order valence-electron chi connectivity index (χ3n) is 2.58. The molecule has 0 aliphatic carbocycles. The molecule has 2 rings (SSSR count). The van der Waals surface area contributed by atoms with E-state index in [1.165, 1.54) is 17.5 Å². The molecule has 2 aromatic heterocycles. The molecule has 6 heteroatoms. The Balaban J connectivity index is 2.16. The third-order valence-corrected chi connectivity index (χ3v) is 3.57. The highest BCUT2D eigenvalue weighted by Gasteiger charge is 2.10. The van der Waals surface area contributed by atoms with Gasteiger partial charge in [-0.25, -0.2) is 4.98 Å². The number of pyridine rings is 1. The minimum Gasteiger partial charge on any atom is -0.320 e. The molecular weight excluding hydrogens is 272 g/mol. The van der Waals surface area contributed by atoms with Crippen LogP contribution in [-0.2, 0) is 0 Å². The number of thiazole rings is 1. The number of carbonyl (C=O) groups excluding carboxylic acids is 1. The fourth-order valence-corrected chi connectivity index (χ4v) is 2.29. The van der Waals surface area contributed by atoms with Crippen LogP contribution in [0.15, 0.2) is 18.5 Å². The smallest absolute Gasteiger partial charge is 0.259 e. The monoisotopic (exact) mass is 286 g/mol. The minimum atomic E-state index is -0.248. The maximum Gasteiger partial charge on any atom is 0.259 e. The average Bonchev–Trinajstić information content (AvgIpc) is 2.75. The average molecular weight is 286 g/mol. The molecule has 1 amide bonds. The van der Waals surface area contributed by atoms with Crippen LogP contribution in [0.5, 0.6) is 0 Å². The number of nitrogens with zero attached hydrogens (tertiary/aromatic N) is 2. The molecule has 0 aliphatic rings. The Labute approximate surface area is 121 Å². The Morgan fingerprint density at radius 1 is 1.45 bits per heavy atom. The number of carbonyl (C=O) groups is 1. The summed E-state index contributed by atoms with van der Waals surface area (Å²) in [7, 11) is 0. The number of hydrogen-bond acceptors (Lipinski definition) is 5. The first-order valence-electron chi connectivity index (χ1n) is 5.99. The van der Waals surface area contributed by atoms with Crippen molar-refractivity contribution >= 4 is 22.4 Å². The fourth-order valence-electron chi connectivity index (χ4n) is 1.48. The minimum absolute atomic E-state index is 0.248. The van der Waals surface area contributed by atoms with Crippen molar-refractivity contribution in [3.05, 3.63) is 40.2 Å². The number of amides is 1. The van der Waals surface area contributed by atoms with Crippen LogP contribution in [0.2, 0.25) is 0 Å². The number of aromatic nitrogens is 2. The number of rotatable bonds is 2. The zero-order chi connectivity index (χ0) is 14.5. The Morgan fingerprint density at radius 3 is 2.90 bits per heavy atom. The number of aryl methyl sites for hydroxylation is 2. The van der Waals surface area contributed by atoms with E-state index in [9.17, 15) is 4.79 Å². The first kappa shape index (κ1) is 14.2. The van der Waals surface area contributed by atoms with Gasteiger partial charge in [-0.3, -0.25) is 15.1 Å². The Kier molecular flexibility index (Phi) is 4.45. The van der Waals surface area contributed by atoms with E-state index in [2.05, 4.69) is 27.1 Å². The van der Waals surface area contributed by atoms with E-state index in [-0.39, 0.29) is 12.5 Å². The molecule has 20 heavy (non-hydrogen) atoms. The second-order valence-electron chi connectivity index (χ2n) is 4.08. The van der Waals surface area contributed by atoms with E-state index in [0.717, 1.165) is 10.6 Å². The highest BCUT2D eigenvalue weighted by molar-refractivity contribution is 7.15. The SMILES string of the molecule is Cc1nc(NC(=O)c2cncc(C#CCN)c2)sc1C. The van der Waals surface area contributed by atoms with Crippen molar-refractivity contribution < 1.29 is 4.79 Å². The van der Waals surface area contributed by atoms with Gasteiger partial charge in [0.05, 0.1) is 17.8 Å². The largest absolute Gasteiger partial charge is 0.320 e. The van der Waals surface area contributed by atoms with Crippen LogP contribution >= 0.6 is 11.3 Å². The molecule has 0 spiro atoms. The van der Waals surface area contributed by atoms with E-state index in [0.29, 0.717) is 16.3 Å². The van der Waals surface area contributed by atoms with Gasteiger partial charge in [0.25, 0.3) is 5.91 Å². The molecule has 0 saturated heterocycles. The van der Waals surface area contributed by atoms with Crippen molar-refractivity contribution in [1.29, 1.82) is 0 Å². The van der Waals surface area contributed by atoms with Gasteiger partial charge in [0.15, 0.2) is 5.13 Å². The molecule has 3 N–H and O–H groups in total. The van der Waals surface area contributed by atoms with Crippen molar-refractivity contribution in [3.8, 4) is 11.8 Å².